The SMILES string of the molecule is CN(Cc1ccc2c(c1)OCO2)C(=O)CCS. The van der Waals surface area contributed by atoms with Crippen molar-refractivity contribution in [3.8, 4) is 11.5 Å². The molecule has 1 aromatic carbocycles. The van der Waals surface area contributed by atoms with Crippen LogP contribution in [0, 0.1) is 0 Å². The first kappa shape index (κ1) is 12.1. The Morgan fingerprint density at radius 2 is 2.18 bits per heavy atom. The second kappa shape index (κ2) is 5.31. The third-order valence-corrected chi connectivity index (χ3v) is 2.83. The molecule has 0 unspecified atom stereocenters. The Hall–Kier alpha value is -1.36. The molecule has 0 saturated carbocycles. The lowest BCUT2D eigenvalue weighted by Crippen LogP contribution is -2.26. The van der Waals surface area contributed by atoms with E-state index in [-0.39, 0.29) is 12.7 Å². The van der Waals surface area contributed by atoms with Crippen molar-refractivity contribution >= 4 is 18.5 Å². The molecule has 1 amide bonds. The fourth-order valence-corrected chi connectivity index (χ4v) is 1.88. The first-order chi connectivity index (χ1) is 8.20. The minimum absolute atomic E-state index is 0.0951. The lowest BCUT2D eigenvalue weighted by molar-refractivity contribution is -0.129. The molecule has 0 aromatic heterocycles. The van der Waals surface area contributed by atoms with E-state index >= 15 is 0 Å². The van der Waals surface area contributed by atoms with E-state index in [1.165, 1.54) is 0 Å². The van der Waals surface area contributed by atoms with Crippen LogP contribution < -0.4 is 9.47 Å². The summed E-state index contributed by atoms with van der Waals surface area (Å²) in [6.07, 6.45) is 0.462. The molecule has 2 rings (SSSR count). The van der Waals surface area contributed by atoms with Gasteiger partial charge in [-0.05, 0) is 23.4 Å². The number of carbonyl (C=O) groups is 1. The summed E-state index contributed by atoms with van der Waals surface area (Å²) < 4.78 is 10.5. The summed E-state index contributed by atoms with van der Waals surface area (Å²) in [5, 5.41) is 0. The van der Waals surface area contributed by atoms with Gasteiger partial charge in [0.25, 0.3) is 0 Å². The minimum atomic E-state index is 0.0951. The van der Waals surface area contributed by atoms with Gasteiger partial charge in [0.05, 0.1) is 0 Å². The maximum Gasteiger partial charge on any atom is 0.231 e. The van der Waals surface area contributed by atoms with Crippen LogP contribution in [-0.4, -0.2) is 30.4 Å². The van der Waals surface area contributed by atoms with Crippen molar-refractivity contribution in [2.24, 2.45) is 0 Å². The van der Waals surface area contributed by atoms with Gasteiger partial charge in [-0.15, -0.1) is 0 Å². The smallest absolute Gasteiger partial charge is 0.231 e. The lowest BCUT2D eigenvalue weighted by Gasteiger charge is -2.16. The van der Waals surface area contributed by atoms with Crippen LogP contribution in [0.1, 0.15) is 12.0 Å². The van der Waals surface area contributed by atoms with E-state index in [0.29, 0.717) is 18.7 Å². The highest BCUT2D eigenvalue weighted by atomic mass is 32.1. The van der Waals surface area contributed by atoms with Crippen LogP contribution in [0.3, 0.4) is 0 Å². The fraction of sp³-hybridized carbons (Fsp3) is 0.417. The van der Waals surface area contributed by atoms with Crippen molar-refractivity contribution < 1.29 is 14.3 Å². The molecule has 1 aliphatic rings. The summed E-state index contributed by atoms with van der Waals surface area (Å²) >= 11 is 4.05. The highest BCUT2D eigenvalue weighted by molar-refractivity contribution is 7.80. The van der Waals surface area contributed by atoms with Crippen molar-refractivity contribution in [1.29, 1.82) is 0 Å². The number of benzene rings is 1. The Morgan fingerprint density at radius 1 is 1.41 bits per heavy atom. The molecule has 92 valence electrons. The third-order valence-electron chi connectivity index (χ3n) is 2.61. The predicted molar refractivity (Wildman–Crippen MR) is 67.5 cm³/mol. The van der Waals surface area contributed by atoms with E-state index in [1.54, 1.807) is 11.9 Å². The predicted octanol–water partition coefficient (Wildman–Crippen LogP) is 1.69. The first-order valence-corrected chi connectivity index (χ1v) is 6.07. The van der Waals surface area contributed by atoms with Gasteiger partial charge in [-0.2, -0.15) is 12.6 Å². The summed E-state index contributed by atoms with van der Waals surface area (Å²) in [7, 11) is 1.79. The number of nitrogens with zero attached hydrogens (tertiary/aromatic N) is 1. The summed E-state index contributed by atoms with van der Waals surface area (Å²) in [6.45, 7) is 0.844. The van der Waals surface area contributed by atoms with Crippen LogP contribution in [0.4, 0.5) is 0 Å². The quantitative estimate of drug-likeness (QED) is 0.830. The van der Waals surface area contributed by atoms with Gasteiger partial charge in [0.2, 0.25) is 12.7 Å². The zero-order valence-corrected chi connectivity index (χ0v) is 10.6. The van der Waals surface area contributed by atoms with E-state index in [0.717, 1.165) is 17.1 Å². The average molecular weight is 253 g/mol. The minimum Gasteiger partial charge on any atom is -0.454 e. The van der Waals surface area contributed by atoms with Gasteiger partial charge >= 0.3 is 0 Å². The van der Waals surface area contributed by atoms with Crippen molar-refractivity contribution in [3.05, 3.63) is 23.8 Å². The van der Waals surface area contributed by atoms with Crippen LogP contribution >= 0.6 is 12.6 Å². The highest BCUT2D eigenvalue weighted by Crippen LogP contribution is 2.32. The van der Waals surface area contributed by atoms with Gasteiger partial charge in [-0.3, -0.25) is 4.79 Å². The van der Waals surface area contributed by atoms with Gasteiger partial charge < -0.3 is 14.4 Å². The molecule has 0 N–H and O–H groups in total. The molecule has 0 radical (unpaired) electrons. The molecule has 1 aromatic rings. The topological polar surface area (TPSA) is 38.8 Å². The van der Waals surface area contributed by atoms with Crippen molar-refractivity contribution in [1.82, 2.24) is 4.90 Å². The number of rotatable bonds is 4. The zero-order chi connectivity index (χ0) is 12.3. The Labute approximate surface area is 106 Å². The Morgan fingerprint density at radius 3 is 2.94 bits per heavy atom. The molecule has 0 bridgehead atoms. The van der Waals surface area contributed by atoms with Crippen molar-refractivity contribution in [2.75, 3.05) is 19.6 Å². The Kier molecular flexibility index (Phi) is 3.78. The monoisotopic (exact) mass is 253 g/mol. The number of amides is 1. The zero-order valence-electron chi connectivity index (χ0n) is 9.68. The van der Waals surface area contributed by atoms with Crippen LogP contribution in [0.5, 0.6) is 11.5 Å². The average Bonchev–Trinajstić information content (AvgIpc) is 2.76. The second-order valence-electron chi connectivity index (χ2n) is 3.91. The van der Waals surface area contributed by atoms with Crippen LogP contribution in [0.25, 0.3) is 0 Å². The van der Waals surface area contributed by atoms with Crippen LogP contribution in [0.2, 0.25) is 0 Å². The summed E-state index contributed by atoms with van der Waals surface area (Å²) in [5.74, 6) is 2.18. The van der Waals surface area contributed by atoms with E-state index < -0.39 is 0 Å². The van der Waals surface area contributed by atoms with Gasteiger partial charge in [0.15, 0.2) is 11.5 Å². The molecule has 0 saturated heterocycles. The number of fused-ring (bicyclic) bond motifs is 1. The molecule has 1 heterocycles. The van der Waals surface area contributed by atoms with E-state index in [2.05, 4.69) is 12.6 Å². The Bertz CT molecular complexity index is 422. The number of hydrogen-bond acceptors (Lipinski definition) is 4. The van der Waals surface area contributed by atoms with Gasteiger partial charge in [-0.1, -0.05) is 6.07 Å². The number of carbonyl (C=O) groups excluding carboxylic acids is 1. The van der Waals surface area contributed by atoms with Crippen LogP contribution in [0.15, 0.2) is 18.2 Å². The number of ether oxygens (including phenoxy) is 2. The molecule has 0 spiro atoms. The van der Waals surface area contributed by atoms with E-state index in [9.17, 15) is 4.79 Å². The number of thiol groups is 1. The molecule has 1 aliphatic heterocycles. The maximum absolute atomic E-state index is 11.6. The molecule has 5 heteroatoms. The summed E-state index contributed by atoms with van der Waals surface area (Å²) in [4.78, 5) is 13.3. The molecular weight excluding hydrogens is 238 g/mol. The molecule has 17 heavy (non-hydrogen) atoms. The fourth-order valence-electron chi connectivity index (χ4n) is 1.69. The van der Waals surface area contributed by atoms with E-state index in [1.807, 2.05) is 18.2 Å². The molecular formula is C12H15NO3S. The largest absolute Gasteiger partial charge is 0.454 e. The summed E-state index contributed by atoms with van der Waals surface area (Å²) in [5.41, 5.74) is 1.03. The van der Waals surface area contributed by atoms with Crippen molar-refractivity contribution in [2.45, 2.75) is 13.0 Å². The first-order valence-electron chi connectivity index (χ1n) is 5.44. The summed E-state index contributed by atoms with van der Waals surface area (Å²) in [6, 6.07) is 5.72. The normalized spacial score (nSPS) is 12.6. The lowest BCUT2D eigenvalue weighted by atomic mass is 10.2. The molecule has 4 nitrogen and oxygen atoms in total. The van der Waals surface area contributed by atoms with Crippen molar-refractivity contribution in [3.63, 3.8) is 0 Å². The van der Waals surface area contributed by atoms with Gasteiger partial charge in [0, 0.05) is 20.0 Å². The molecule has 0 fully saturated rings. The second-order valence-corrected chi connectivity index (χ2v) is 4.36. The number of hydrogen-bond donors (Lipinski definition) is 1. The van der Waals surface area contributed by atoms with Crippen LogP contribution in [-0.2, 0) is 11.3 Å². The van der Waals surface area contributed by atoms with E-state index in [4.69, 9.17) is 9.47 Å². The van der Waals surface area contributed by atoms with Gasteiger partial charge in [-0.25, -0.2) is 0 Å². The standard InChI is InChI=1S/C12H15NO3S/c1-13(12(14)4-5-17)7-9-2-3-10-11(6-9)16-8-15-10/h2-3,6,17H,4-5,7-8H2,1H3. The van der Waals surface area contributed by atoms with Gasteiger partial charge in [0.1, 0.15) is 0 Å². The maximum atomic E-state index is 11.6. The molecule has 0 aliphatic carbocycles. The third kappa shape index (κ3) is 2.85. The molecule has 0 atom stereocenters. The Balaban J connectivity index is 2.01. The highest BCUT2D eigenvalue weighted by Gasteiger charge is 2.14.